The molecule has 1 saturated heterocycles. The number of ether oxygens (including phenoxy) is 2. The maximum absolute atomic E-state index is 5.88. The van der Waals surface area contributed by atoms with E-state index >= 15 is 0 Å². The highest BCUT2D eigenvalue weighted by atomic mass is 32.1. The lowest BCUT2D eigenvalue weighted by Gasteiger charge is -2.21. The molecule has 0 saturated carbocycles. The van der Waals surface area contributed by atoms with E-state index in [2.05, 4.69) is 31.3 Å². The standard InChI is InChI=1S/C12H21BO2S2/c1-8(2)6-9-10(7-11(13)14-9)15-12(17)4-3-5-16/h6,9-12,16-17H,3-5,7H2,1-2H3. The predicted octanol–water partition coefficient (Wildman–Crippen LogP) is 2.59. The van der Waals surface area contributed by atoms with Crippen molar-refractivity contribution < 1.29 is 9.47 Å². The molecule has 0 aliphatic carbocycles. The lowest BCUT2D eigenvalue weighted by Crippen LogP contribution is -2.26. The Labute approximate surface area is 117 Å². The van der Waals surface area contributed by atoms with Crippen LogP contribution in [0.2, 0.25) is 0 Å². The summed E-state index contributed by atoms with van der Waals surface area (Å²) >= 11 is 8.60. The molecular weight excluding hydrogens is 251 g/mol. The van der Waals surface area contributed by atoms with Crippen molar-refractivity contribution in [3.05, 3.63) is 11.6 Å². The molecule has 0 aromatic heterocycles. The SMILES string of the molecule is [B]C1CC(OC(S)CCCS)C(C=C(C)C)O1. The molecule has 0 bridgehead atoms. The van der Waals surface area contributed by atoms with Crippen molar-refractivity contribution in [3.8, 4) is 0 Å². The Morgan fingerprint density at radius 3 is 2.88 bits per heavy atom. The number of rotatable bonds is 6. The Hall–Kier alpha value is 0.425. The quantitative estimate of drug-likeness (QED) is 0.335. The summed E-state index contributed by atoms with van der Waals surface area (Å²) in [5, 5.41) is 0. The van der Waals surface area contributed by atoms with E-state index in [4.69, 9.17) is 17.3 Å². The summed E-state index contributed by atoms with van der Waals surface area (Å²) < 4.78 is 11.5. The third kappa shape index (κ3) is 5.73. The van der Waals surface area contributed by atoms with E-state index < -0.39 is 0 Å². The number of allylic oxidation sites excluding steroid dienone is 1. The molecule has 0 spiro atoms. The zero-order valence-electron chi connectivity index (χ0n) is 10.5. The molecule has 17 heavy (non-hydrogen) atoms. The molecule has 0 aromatic carbocycles. The van der Waals surface area contributed by atoms with E-state index in [-0.39, 0.29) is 23.6 Å². The molecule has 1 fully saturated rings. The van der Waals surface area contributed by atoms with Gasteiger partial charge in [-0.05, 0) is 38.9 Å². The normalized spacial score (nSPS) is 30.2. The van der Waals surface area contributed by atoms with Crippen molar-refractivity contribution in [3.63, 3.8) is 0 Å². The van der Waals surface area contributed by atoms with Crippen molar-refractivity contribution in [2.24, 2.45) is 0 Å². The van der Waals surface area contributed by atoms with Crippen molar-refractivity contribution in [1.82, 2.24) is 0 Å². The maximum atomic E-state index is 5.88. The van der Waals surface area contributed by atoms with Gasteiger partial charge in [0.2, 0.25) is 0 Å². The van der Waals surface area contributed by atoms with E-state index in [0.717, 1.165) is 25.0 Å². The minimum Gasteiger partial charge on any atom is -0.378 e. The predicted molar refractivity (Wildman–Crippen MR) is 79.2 cm³/mol. The molecule has 0 N–H and O–H groups in total. The van der Waals surface area contributed by atoms with Gasteiger partial charge in [-0.2, -0.15) is 12.6 Å². The highest BCUT2D eigenvalue weighted by molar-refractivity contribution is 7.80. The van der Waals surface area contributed by atoms with Gasteiger partial charge >= 0.3 is 0 Å². The molecule has 1 aliphatic rings. The molecule has 5 heteroatoms. The van der Waals surface area contributed by atoms with Crippen LogP contribution in [0.4, 0.5) is 0 Å². The lowest BCUT2D eigenvalue weighted by molar-refractivity contribution is -0.00469. The van der Waals surface area contributed by atoms with Gasteiger partial charge in [-0.25, -0.2) is 0 Å². The first-order chi connectivity index (χ1) is 8.02. The largest absolute Gasteiger partial charge is 0.378 e. The van der Waals surface area contributed by atoms with E-state index in [9.17, 15) is 0 Å². The molecule has 2 radical (unpaired) electrons. The van der Waals surface area contributed by atoms with Gasteiger partial charge in [-0.15, -0.1) is 12.6 Å². The molecule has 4 unspecified atom stereocenters. The Morgan fingerprint density at radius 2 is 2.29 bits per heavy atom. The molecule has 4 atom stereocenters. The van der Waals surface area contributed by atoms with Crippen LogP contribution in [0, 0.1) is 0 Å². The zero-order valence-corrected chi connectivity index (χ0v) is 12.3. The minimum absolute atomic E-state index is 0.0160. The summed E-state index contributed by atoms with van der Waals surface area (Å²) in [7, 11) is 5.80. The Morgan fingerprint density at radius 1 is 1.59 bits per heavy atom. The van der Waals surface area contributed by atoms with Crippen molar-refractivity contribution in [2.75, 3.05) is 5.75 Å². The zero-order chi connectivity index (χ0) is 12.8. The first-order valence-corrected chi connectivity index (χ1v) is 7.18. The van der Waals surface area contributed by atoms with Crippen LogP contribution in [0.3, 0.4) is 0 Å². The van der Waals surface area contributed by atoms with Crippen LogP contribution in [0.5, 0.6) is 0 Å². The van der Waals surface area contributed by atoms with Crippen LogP contribution in [0.1, 0.15) is 33.1 Å². The number of hydrogen-bond acceptors (Lipinski definition) is 4. The molecule has 1 heterocycles. The fraction of sp³-hybridized carbons (Fsp3) is 0.833. The van der Waals surface area contributed by atoms with E-state index in [0.29, 0.717) is 0 Å². The van der Waals surface area contributed by atoms with Crippen LogP contribution >= 0.6 is 25.3 Å². The van der Waals surface area contributed by atoms with E-state index in [1.54, 1.807) is 0 Å². The monoisotopic (exact) mass is 272 g/mol. The summed E-state index contributed by atoms with van der Waals surface area (Å²) in [6.07, 6.45) is 4.68. The smallest absolute Gasteiger partial charge is 0.109 e. The van der Waals surface area contributed by atoms with Crippen LogP contribution in [-0.2, 0) is 9.47 Å². The molecule has 2 nitrogen and oxygen atoms in total. The van der Waals surface area contributed by atoms with Crippen molar-refractivity contribution in [2.45, 2.75) is 56.8 Å². The van der Waals surface area contributed by atoms with Crippen LogP contribution in [-0.4, -0.2) is 37.2 Å². The number of thiol groups is 2. The summed E-state index contributed by atoms with van der Waals surface area (Å²) in [5.41, 5.74) is 1.15. The van der Waals surface area contributed by atoms with Gasteiger partial charge in [0.05, 0.1) is 6.10 Å². The highest BCUT2D eigenvalue weighted by Crippen LogP contribution is 2.26. The third-order valence-electron chi connectivity index (χ3n) is 2.60. The number of hydrogen-bond donors (Lipinski definition) is 2. The fourth-order valence-corrected chi connectivity index (χ4v) is 2.37. The molecule has 1 rings (SSSR count). The summed E-state index contributed by atoms with van der Waals surface area (Å²) in [6.45, 7) is 4.09. The van der Waals surface area contributed by atoms with Crippen LogP contribution in [0.15, 0.2) is 11.6 Å². The highest BCUT2D eigenvalue weighted by Gasteiger charge is 2.32. The summed E-state index contributed by atoms with van der Waals surface area (Å²) in [5.74, 6) is 0.860. The lowest BCUT2D eigenvalue weighted by atomic mass is 9.96. The topological polar surface area (TPSA) is 18.5 Å². The molecule has 0 amide bonds. The van der Waals surface area contributed by atoms with Gasteiger partial charge < -0.3 is 9.47 Å². The van der Waals surface area contributed by atoms with Gasteiger partial charge in [-0.1, -0.05) is 11.6 Å². The fourth-order valence-electron chi connectivity index (χ4n) is 1.85. The third-order valence-corrected chi connectivity index (χ3v) is 3.30. The molecule has 0 aromatic rings. The maximum Gasteiger partial charge on any atom is 0.109 e. The second-order valence-electron chi connectivity index (χ2n) is 4.61. The van der Waals surface area contributed by atoms with Gasteiger partial charge in [0, 0.05) is 6.00 Å². The average Bonchev–Trinajstić information content (AvgIpc) is 2.55. The second kappa shape index (κ2) is 7.77. The van der Waals surface area contributed by atoms with Gasteiger partial charge in [0.15, 0.2) is 0 Å². The molecule has 1 aliphatic heterocycles. The Kier molecular flexibility index (Phi) is 7.08. The van der Waals surface area contributed by atoms with E-state index in [1.165, 1.54) is 5.57 Å². The Bertz CT molecular complexity index is 257. The molecule has 96 valence electrons. The van der Waals surface area contributed by atoms with E-state index in [1.807, 2.05) is 13.8 Å². The molecular formula is C12H21BO2S2. The second-order valence-corrected chi connectivity index (χ2v) is 5.64. The van der Waals surface area contributed by atoms with Crippen LogP contribution < -0.4 is 0 Å². The van der Waals surface area contributed by atoms with Gasteiger partial charge in [0.25, 0.3) is 0 Å². The summed E-state index contributed by atoms with van der Waals surface area (Å²) in [6, 6.07) is -0.231. The summed E-state index contributed by atoms with van der Waals surface area (Å²) in [4.78, 5) is 0. The van der Waals surface area contributed by atoms with Gasteiger partial charge in [0.1, 0.15) is 19.4 Å². The average molecular weight is 272 g/mol. The van der Waals surface area contributed by atoms with Crippen molar-refractivity contribution in [1.29, 1.82) is 0 Å². The van der Waals surface area contributed by atoms with Gasteiger partial charge in [-0.3, -0.25) is 0 Å². The van der Waals surface area contributed by atoms with Crippen LogP contribution in [0.25, 0.3) is 0 Å². The first-order valence-electron chi connectivity index (χ1n) is 6.03. The van der Waals surface area contributed by atoms with Crippen molar-refractivity contribution >= 4 is 33.1 Å². The minimum atomic E-state index is -0.231. The Balaban J connectivity index is 2.47. The first kappa shape index (κ1) is 15.5.